The van der Waals surface area contributed by atoms with E-state index in [1.54, 1.807) is 0 Å². The molecule has 14 heteroatoms. The van der Waals surface area contributed by atoms with Crippen LogP contribution in [0.15, 0.2) is 39.5 Å². The Morgan fingerprint density at radius 2 is 1.20 bits per heavy atom. The van der Waals surface area contributed by atoms with Gasteiger partial charge in [-0.05, 0) is 24.3 Å². The zero-order chi connectivity index (χ0) is 29.0. The Balaban J connectivity index is 1.81. The molecule has 0 bridgehead atoms. The van der Waals surface area contributed by atoms with Crippen LogP contribution in [0.2, 0.25) is 0 Å². The van der Waals surface area contributed by atoms with Crippen molar-refractivity contribution in [3.63, 3.8) is 0 Å². The number of aliphatic hydroxyl groups excluding tert-OH is 7. The smallest absolute Gasteiger partial charge is 0.197 e. The molecule has 5 rings (SSSR count). The third-order valence-electron chi connectivity index (χ3n) is 7.35. The van der Waals surface area contributed by atoms with Crippen molar-refractivity contribution in [2.24, 2.45) is 0 Å². The molecule has 1 aromatic heterocycles. The van der Waals surface area contributed by atoms with Crippen LogP contribution < -0.4 is 5.43 Å². The van der Waals surface area contributed by atoms with Gasteiger partial charge in [-0.15, -0.1) is 0 Å². The van der Waals surface area contributed by atoms with Crippen molar-refractivity contribution in [2.45, 2.75) is 54.9 Å². The van der Waals surface area contributed by atoms with Gasteiger partial charge in [-0.1, -0.05) is 0 Å². The number of rotatable bonds is 5. The highest BCUT2D eigenvalue weighted by Crippen LogP contribution is 2.51. The van der Waals surface area contributed by atoms with Crippen LogP contribution in [-0.2, 0) is 9.47 Å². The Kier molecular flexibility index (Phi) is 7.47. The number of benzene rings is 2. The molecular weight excluding hydrogens is 536 g/mol. The van der Waals surface area contributed by atoms with Gasteiger partial charge >= 0.3 is 0 Å². The van der Waals surface area contributed by atoms with Crippen molar-refractivity contribution >= 4 is 11.0 Å². The Hall–Kier alpha value is -3.31. The number of phenolic OH excluding ortho intramolecular Hbond substituents is 3. The van der Waals surface area contributed by atoms with Gasteiger partial charge in [0, 0.05) is 11.6 Å². The molecule has 0 radical (unpaired) electrons. The van der Waals surface area contributed by atoms with E-state index in [2.05, 4.69) is 0 Å². The van der Waals surface area contributed by atoms with Gasteiger partial charge in [-0.3, -0.25) is 4.79 Å². The fourth-order valence-corrected chi connectivity index (χ4v) is 5.19. The second-order valence-corrected chi connectivity index (χ2v) is 9.76. The molecule has 40 heavy (non-hydrogen) atoms. The number of phenols is 3. The molecule has 2 aliphatic rings. The van der Waals surface area contributed by atoms with E-state index >= 15 is 0 Å². The van der Waals surface area contributed by atoms with E-state index in [4.69, 9.17) is 13.9 Å². The van der Waals surface area contributed by atoms with Gasteiger partial charge in [-0.2, -0.15) is 0 Å². The topological polar surface area (TPSA) is 251 Å². The first-order valence-corrected chi connectivity index (χ1v) is 12.3. The monoisotopic (exact) mass is 564 g/mol. The van der Waals surface area contributed by atoms with Crippen molar-refractivity contribution in [1.82, 2.24) is 0 Å². The molecule has 2 aromatic carbocycles. The summed E-state index contributed by atoms with van der Waals surface area (Å²) >= 11 is 0. The molecule has 0 aliphatic carbocycles. The zero-order valence-corrected chi connectivity index (χ0v) is 20.6. The lowest BCUT2D eigenvalue weighted by Gasteiger charge is -2.40. The second kappa shape index (κ2) is 10.6. The molecule has 2 saturated heterocycles. The third-order valence-corrected chi connectivity index (χ3v) is 7.35. The molecule has 2 fully saturated rings. The summed E-state index contributed by atoms with van der Waals surface area (Å²) in [6.07, 6.45) is -15.3. The van der Waals surface area contributed by atoms with Crippen LogP contribution in [0.4, 0.5) is 0 Å². The van der Waals surface area contributed by atoms with E-state index in [0.29, 0.717) is 5.56 Å². The lowest BCUT2D eigenvalue weighted by molar-refractivity contribution is -0.231. The highest BCUT2D eigenvalue weighted by atomic mass is 16.6. The standard InChI is InChI=1S/C26H28O14/c27-6-12-17(31)21(35)23(37)26(40-12)16-20(34)15(25-22(36)18(32)13(7-28)39-25)19(33)14-10(30)5-11(38-24(14)16)8-1-3-9(29)4-2-8/h1-5,12-13,17-18,21-23,25-29,31-37H,6-7H2/t12-,13-,17-,18+,21+,22-,23-,25+,26+/m1/s1. The molecular formula is C26H28O14. The van der Waals surface area contributed by atoms with Crippen molar-refractivity contribution in [1.29, 1.82) is 0 Å². The van der Waals surface area contributed by atoms with Crippen LogP contribution in [-0.4, -0.2) is 107 Å². The Morgan fingerprint density at radius 3 is 1.75 bits per heavy atom. The van der Waals surface area contributed by atoms with Crippen LogP contribution in [0.3, 0.4) is 0 Å². The maximum Gasteiger partial charge on any atom is 0.197 e. The van der Waals surface area contributed by atoms with E-state index in [9.17, 15) is 55.9 Å². The van der Waals surface area contributed by atoms with Gasteiger partial charge in [-0.25, -0.2) is 0 Å². The number of fused-ring (bicyclic) bond motifs is 1. The number of hydrogen-bond acceptors (Lipinski definition) is 14. The Bertz CT molecular complexity index is 1450. The molecule has 0 unspecified atom stereocenters. The van der Waals surface area contributed by atoms with Crippen LogP contribution in [0.25, 0.3) is 22.3 Å². The summed E-state index contributed by atoms with van der Waals surface area (Å²) in [6, 6.07) is 6.47. The first kappa shape index (κ1) is 28.2. The molecule has 3 aromatic rings. The average molecular weight is 564 g/mol. The number of hydrogen-bond donors (Lipinski definition) is 10. The number of aromatic hydroxyl groups is 3. The van der Waals surface area contributed by atoms with E-state index in [1.165, 1.54) is 24.3 Å². The van der Waals surface area contributed by atoms with E-state index < -0.39 is 107 Å². The summed E-state index contributed by atoms with van der Waals surface area (Å²) in [4.78, 5) is 13.4. The normalized spacial score (nSPS) is 32.5. The fourth-order valence-electron chi connectivity index (χ4n) is 5.19. The molecule has 14 nitrogen and oxygen atoms in total. The second-order valence-electron chi connectivity index (χ2n) is 9.76. The number of aliphatic hydroxyl groups is 7. The van der Waals surface area contributed by atoms with Gasteiger partial charge in [0.05, 0.1) is 24.3 Å². The summed E-state index contributed by atoms with van der Waals surface area (Å²) in [5.41, 5.74) is -2.18. The van der Waals surface area contributed by atoms with E-state index in [1.807, 2.05) is 0 Å². The van der Waals surface area contributed by atoms with Crippen LogP contribution in [0.5, 0.6) is 17.2 Å². The van der Waals surface area contributed by atoms with Gasteiger partial charge in [0.2, 0.25) is 0 Å². The largest absolute Gasteiger partial charge is 0.508 e. The fraction of sp³-hybridized carbons (Fsp3) is 0.423. The van der Waals surface area contributed by atoms with Gasteiger partial charge in [0.1, 0.15) is 83.3 Å². The maximum absolute atomic E-state index is 13.4. The summed E-state index contributed by atoms with van der Waals surface area (Å²) in [5.74, 6) is -1.99. The highest BCUT2D eigenvalue weighted by molar-refractivity contribution is 5.92. The quantitative estimate of drug-likeness (QED) is 0.165. The van der Waals surface area contributed by atoms with Crippen LogP contribution >= 0.6 is 0 Å². The molecule has 0 spiro atoms. The predicted octanol–water partition coefficient (Wildman–Crippen LogP) is -1.75. The molecule has 9 atom stereocenters. The van der Waals surface area contributed by atoms with Gasteiger partial charge in [0.15, 0.2) is 11.0 Å². The summed E-state index contributed by atoms with van der Waals surface area (Å²) < 4.78 is 17.0. The van der Waals surface area contributed by atoms with Gasteiger partial charge < -0.3 is 65.0 Å². The Labute approximate surface area is 224 Å². The minimum Gasteiger partial charge on any atom is -0.508 e. The molecule has 216 valence electrons. The summed E-state index contributed by atoms with van der Waals surface area (Å²) in [5, 5.41) is 103. The number of ether oxygens (including phenoxy) is 2. The molecule has 2 aliphatic heterocycles. The molecule has 0 amide bonds. The van der Waals surface area contributed by atoms with Crippen molar-refractivity contribution < 1.29 is 65.0 Å². The maximum atomic E-state index is 13.4. The highest BCUT2D eigenvalue weighted by Gasteiger charge is 2.49. The first-order chi connectivity index (χ1) is 19.0. The minimum absolute atomic E-state index is 0.0766. The lowest BCUT2D eigenvalue weighted by Crippen LogP contribution is -2.55. The Morgan fingerprint density at radius 1 is 0.675 bits per heavy atom. The molecule has 10 N–H and O–H groups in total. The minimum atomic E-state index is -1.96. The lowest BCUT2D eigenvalue weighted by atomic mass is 9.87. The van der Waals surface area contributed by atoms with Gasteiger partial charge in [0.25, 0.3) is 0 Å². The summed E-state index contributed by atoms with van der Waals surface area (Å²) in [7, 11) is 0. The van der Waals surface area contributed by atoms with Crippen molar-refractivity contribution in [2.75, 3.05) is 13.2 Å². The zero-order valence-electron chi connectivity index (χ0n) is 20.6. The van der Waals surface area contributed by atoms with Crippen molar-refractivity contribution in [3.8, 4) is 28.6 Å². The van der Waals surface area contributed by atoms with E-state index in [-0.39, 0.29) is 11.5 Å². The van der Waals surface area contributed by atoms with Crippen molar-refractivity contribution in [3.05, 3.63) is 51.7 Å². The predicted molar refractivity (Wildman–Crippen MR) is 132 cm³/mol. The van der Waals surface area contributed by atoms with E-state index in [0.717, 1.165) is 6.07 Å². The van der Waals surface area contributed by atoms with Crippen LogP contribution in [0.1, 0.15) is 23.3 Å². The van der Waals surface area contributed by atoms with Crippen LogP contribution in [0, 0.1) is 0 Å². The summed E-state index contributed by atoms with van der Waals surface area (Å²) in [6.45, 7) is -1.55. The first-order valence-electron chi connectivity index (χ1n) is 12.3. The third kappa shape index (κ3) is 4.39. The SMILES string of the molecule is O=c1cc(-c2ccc(O)cc2)oc2c([C@@H]3O[C@H](CO)[C@@H](O)[C@H](O)[C@H]3O)c(O)c([C@@H]3O[C@H](CO)[C@H](O)[C@H]3O)c(O)c12. The molecule has 3 heterocycles. The molecule has 0 saturated carbocycles. The average Bonchev–Trinajstić information content (AvgIpc) is 3.21.